The standard InChI is InChI=1S/C20H20N2O/c1-15(21-14-16-7-3-2-4-8-16)20(23)22-19-12-11-17-9-5-6-10-18(17)13-19/h2-13,15,21H,14H2,1H3,(H,22,23)/t15-/m1/s1. The SMILES string of the molecule is C[C@@H](NCc1ccccc1)C(=O)Nc1ccc2ccccc2c1. The molecule has 3 aromatic rings. The minimum Gasteiger partial charge on any atom is -0.325 e. The molecule has 3 rings (SSSR count). The Kier molecular flexibility index (Phi) is 4.69. The van der Waals surface area contributed by atoms with E-state index in [0.717, 1.165) is 16.6 Å². The lowest BCUT2D eigenvalue weighted by Crippen LogP contribution is -2.37. The predicted molar refractivity (Wildman–Crippen MR) is 95.3 cm³/mol. The molecule has 1 amide bonds. The van der Waals surface area contributed by atoms with E-state index in [9.17, 15) is 4.79 Å². The van der Waals surface area contributed by atoms with Gasteiger partial charge in [-0.25, -0.2) is 0 Å². The average molecular weight is 304 g/mol. The number of fused-ring (bicyclic) bond motifs is 1. The van der Waals surface area contributed by atoms with Gasteiger partial charge in [-0.1, -0.05) is 60.7 Å². The summed E-state index contributed by atoms with van der Waals surface area (Å²) in [6.07, 6.45) is 0. The van der Waals surface area contributed by atoms with E-state index < -0.39 is 0 Å². The van der Waals surface area contributed by atoms with Crippen LogP contribution < -0.4 is 10.6 Å². The van der Waals surface area contributed by atoms with Gasteiger partial charge < -0.3 is 10.6 Å². The van der Waals surface area contributed by atoms with Crippen molar-refractivity contribution < 1.29 is 4.79 Å². The van der Waals surface area contributed by atoms with Crippen molar-refractivity contribution in [3.05, 3.63) is 78.4 Å². The summed E-state index contributed by atoms with van der Waals surface area (Å²) in [5.74, 6) is -0.0313. The van der Waals surface area contributed by atoms with Crippen LogP contribution in [0.15, 0.2) is 72.8 Å². The van der Waals surface area contributed by atoms with E-state index in [1.807, 2.05) is 73.7 Å². The van der Waals surface area contributed by atoms with Gasteiger partial charge in [-0.3, -0.25) is 4.79 Å². The van der Waals surface area contributed by atoms with Gasteiger partial charge in [-0.05, 0) is 35.4 Å². The molecule has 0 aliphatic rings. The van der Waals surface area contributed by atoms with Gasteiger partial charge in [-0.15, -0.1) is 0 Å². The number of benzene rings is 3. The topological polar surface area (TPSA) is 41.1 Å². The maximum Gasteiger partial charge on any atom is 0.241 e. The maximum absolute atomic E-state index is 12.3. The fourth-order valence-corrected chi connectivity index (χ4v) is 2.48. The van der Waals surface area contributed by atoms with Gasteiger partial charge in [-0.2, -0.15) is 0 Å². The Morgan fingerprint density at radius 3 is 2.39 bits per heavy atom. The zero-order valence-electron chi connectivity index (χ0n) is 13.1. The minimum atomic E-state index is -0.262. The number of carbonyl (C=O) groups is 1. The molecule has 3 aromatic carbocycles. The number of amides is 1. The van der Waals surface area contributed by atoms with Crippen LogP contribution in [0, 0.1) is 0 Å². The molecule has 3 nitrogen and oxygen atoms in total. The summed E-state index contributed by atoms with van der Waals surface area (Å²) in [7, 11) is 0. The number of nitrogens with one attached hydrogen (secondary N) is 2. The maximum atomic E-state index is 12.3. The van der Waals surface area contributed by atoms with Crippen molar-refractivity contribution in [3.63, 3.8) is 0 Å². The first kappa shape index (κ1) is 15.3. The van der Waals surface area contributed by atoms with Gasteiger partial charge >= 0.3 is 0 Å². The number of anilines is 1. The Bertz CT molecular complexity index is 799. The van der Waals surface area contributed by atoms with Crippen LogP contribution in [-0.2, 0) is 11.3 Å². The van der Waals surface area contributed by atoms with Crippen LogP contribution in [0.5, 0.6) is 0 Å². The summed E-state index contributed by atoms with van der Waals surface area (Å²) in [6, 6.07) is 23.9. The lowest BCUT2D eigenvalue weighted by Gasteiger charge is -2.14. The molecule has 2 N–H and O–H groups in total. The molecular formula is C20H20N2O. The molecule has 0 fully saturated rings. The molecule has 116 valence electrons. The van der Waals surface area contributed by atoms with Gasteiger partial charge in [0.1, 0.15) is 0 Å². The van der Waals surface area contributed by atoms with Crippen molar-refractivity contribution in [2.24, 2.45) is 0 Å². The minimum absolute atomic E-state index is 0.0313. The highest BCUT2D eigenvalue weighted by atomic mass is 16.2. The van der Waals surface area contributed by atoms with Gasteiger partial charge in [0, 0.05) is 12.2 Å². The van der Waals surface area contributed by atoms with E-state index in [1.165, 1.54) is 5.39 Å². The third-order valence-corrected chi connectivity index (χ3v) is 3.87. The van der Waals surface area contributed by atoms with Crippen LogP contribution >= 0.6 is 0 Å². The Labute approximate surface area is 136 Å². The molecule has 0 spiro atoms. The van der Waals surface area contributed by atoms with Crippen LogP contribution in [-0.4, -0.2) is 11.9 Å². The molecule has 0 bridgehead atoms. The summed E-state index contributed by atoms with van der Waals surface area (Å²) >= 11 is 0. The van der Waals surface area contributed by atoms with Crippen molar-refractivity contribution in [1.82, 2.24) is 5.32 Å². The highest BCUT2D eigenvalue weighted by molar-refractivity contribution is 5.97. The molecule has 0 unspecified atom stereocenters. The van der Waals surface area contributed by atoms with Gasteiger partial charge in [0.15, 0.2) is 0 Å². The third kappa shape index (κ3) is 3.96. The summed E-state index contributed by atoms with van der Waals surface area (Å²) < 4.78 is 0. The van der Waals surface area contributed by atoms with E-state index in [4.69, 9.17) is 0 Å². The third-order valence-electron chi connectivity index (χ3n) is 3.87. The Morgan fingerprint density at radius 1 is 0.913 bits per heavy atom. The van der Waals surface area contributed by atoms with Crippen molar-refractivity contribution in [2.45, 2.75) is 19.5 Å². The van der Waals surface area contributed by atoms with E-state index in [2.05, 4.69) is 16.7 Å². The summed E-state index contributed by atoms with van der Waals surface area (Å²) in [4.78, 5) is 12.3. The van der Waals surface area contributed by atoms with Gasteiger partial charge in [0.05, 0.1) is 6.04 Å². The number of hydrogen-bond donors (Lipinski definition) is 2. The summed E-state index contributed by atoms with van der Waals surface area (Å²) in [5.41, 5.74) is 1.99. The smallest absolute Gasteiger partial charge is 0.241 e. The highest BCUT2D eigenvalue weighted by Crippen LogP contribution is 2.18. The molecule has 3 heteroatoms. The molecule has 0 radical (unpaired) electrons. The monoisotopic (exact) mass is 304 g/mol. The first-order chi connectivity index (χ1) is 11.2. The fourth-order valence-electron chi connectivity index (χ4n) is 2.48. The normalized spacial score (nSPS) is 12.0. The number of rotatable bonds is 5. The van der Waals surface area contributed by atoms with Crippen molar-refractivity contribution >= 4 is 22.4 Å². The van der Waals surface area contributed by atoms with E-state index >= 15 is 0 Å². The fraction of sp³-hybridized carbons (Fsp3) is 0.150. The first-order valence-electron chi connectivity index (χ1n) is 7.79. The largest absolute Gasteiger partial charge is 0.325 e. The number of hydrogen-bond acceptors (Lipinski definition) is 2. The van der Waals surface area contributed by atoms with E-state index in [-0.39, 0.29) is 11.9 Å². The second-order valence-electron chi connectivity index (χ2n) is 5.64. The van der Waals surface area contributed by atoms with E-state index in [0.29, 0.717) is 6.54 Å². The molecule has 0 aliphatic carbocycles. The molecular weight excluding hydrogens is 284 g/mol. The summed E-state index contributed by atoms with van der Waals surface area (Å²) in [5, 5.41) is 8.50. The first-order valence-corrected chi connectivity index (χ1v) is 7.79. The lowest BCUT2D eigenvalue weighted by atomic mass is 10.1. The van der Waals surface area contributed by atoms with Crippen LogP contribution in [0.1, 0.15) is 12.5 Å². The zero-order valence-corrected chi connectivity index (χ0v) is 13.1. The lowest BCUT2D eigenvalue weighted by molar-refractivity contribution is -0.117. The zero-order chi connectivity index (χ0) is 16.1. The van der Waals surface area contributed by atoms with Gasteiger partial charge in [0.2, 0.25) is 5.91 Å². The average Bonchev–Trinajstić information content (AvgIpc) is 2.60. The molecule has 0 saturated heterocycles. The van der Waals surface area contributed by atoms with Crippen LogP contribution in [0.3, 0.4) is 0 Å². The van der Waals surface area contributed by atoms with Crippen molar-refractivity contribution in [1.29, 1.82) is 0 Å². The molecule has 23 heavy (non-hydrogen) atoms. The summed E-state index contributed by atoms with van der Waals surface area (Å²) in [6.45, 7) is 2.55. The molecule has 1 atom stereocenters. The molecule has 0 aliphatic heterocycles. The Morgan fingerprint density at radius 2 is 1.61 bits per heavy atom. The predicted octanol–water partition coefficient (Wildman–Crippen LogP) is 3.96. The number of carbonyl (C=O) groups excluding carboxylic acids is 1. The van der Waals surface area contributed by atoms with Crippen LogP contribution in [0.25, 0.3) is 10.8 Å². The van der Waals surface area contributed by atoms with Crippen LogP contribution in [0.4, 0.5) is 5.69 Å². The second-order valence-corrected chi connectivity index (χ2v) is 5.64. The second kappa shape index (κ2) is 7.07. The van der Waals surface area contributed by atoms with Crippen molar-refractivity contribution in [2.75, 3.05) is 5.32 Å². The Hall–Kier alpha value is -2.65. The Balaban J connectivity index is 1.60. The van der Waals surface area contributed by atoms with Gasteiger partial charge in [0.25, 0.3) is 0 Å². The molecule has 0 heterocycles. The molecule has 0 saturated carbocycles. The van der Waals surface area contributed by atoms with Crippen molar-refractivity contribution in [3.8, 4) is 0 Å². The highest BCUT2D eigenvalue weighted by Gasteiger charge is 2.12. The van der Waals surface area contributed by atoms with E-state index in [1.54, 1.807) is 0 Å². The van der Waals surface area contributed by atoms with Crippen LogP contribution in [0.2, 0.25) is 0 Å². The quantitative estimate of drug-likeness (QED) is 0.749. The molecule has 0 aromatic heterocycles.